The van der Waals surface area contributed by atoms with Gasteiger partial charge in [0.2, 0.25) is 0 Å². The molecule has 0 atom stereocenters. The minimum absolute atomic E-state index is 0.417. The Morgan fingerprint density at radius 3 is 2.73 bits per heavy atom. The summed E-state index contributed by atoms with van der Waals surface area (Å²) in [5.41, 5.74) is 4.37. The predicted molar refractivity (Wildman–Crippen MR) is 104 cm³/mol. The number of carbonyl (C=O) groups excluding carboxylic acids is 1. The Hall–Kier alpha value is -2.41. The molecule has 0 aliphatic carbocycles. The quantitative estimate of drug-likeness (QED) is 0.682. The normalized spacial score (nSPS) is 11.6. The molecule has 136 valence electrons. The maximum absolute atomic E-state index is 11.8. The monoisotopic (exact) mass is 416 g/mol. The molecule has 1 aromatic carbocycles. The third-order valence-corrected chi connectivity index (χ3v) is 4.18. The van der Waals surface area contributed by atoms with Crippen molar-refractivity contribution in [1.29, 1.82) is 0 Å². The van der Waals surface area contributed by atoms with Gasteiger partial charge in [-0.15, -0.1) is 0 Å². The molecule has 0 saturated heterocycles. The topological polar surface area (TPSA) is 68.5 Å². The van der Waals surface area contributed by atoms with Gasteiger partial charge in [-0.1, -0.05) is 12.1 Å². The average Bonchev–Trinajstić information content (AvgIpc) is 2.92. The van der Waals surface area contributed by atoms with Gasteiger partial charge in [-0.05, 0) is 66.9 Å². The molecule has 0 radical (unpaired) electrons. The lowest BCUT2D eigenvalue weighted by Crippen LogP contribution is -2.32. The number of nitrogens with one attached hydrogen (secondary N) is 1. The van der Waals surface area contributed by atoms with Gasteiger partial charge in [-0.25, -0.2) is 14.3 Å². The second-order valence-corrected chi connectivity index (χ2v) is 7.88. The Morgan fingerprint density at radius 2 is 2.04 bits per heavy atom. The number of aryl methyl sites for hydroxylation is 1. The Bertz CT molecular complexity index is 960. The minimum atomic E-state index is -0.506. The van der Waals surface area contributed by atoms with E-state index in [0.717, 1.165) is 32.6 Å². The molecule has 0 fully saturated rings. The molecule has 2 heterocycles. The molecule has 0 spiro atoms. The van der Waals surface area contributed by atoms with Crippen molar-refractivity contribution in [3.05, 3.63) is 52.3 Å². The van der Waals surface area contributed by atoms with Crippen molar-refractivity contribution >= 4 is 27.7 Å². The molecule has 26 heavy (non-hydrogen) atoms. The van der Waals surface area contributed by atoms with Crippen LogP contribution in [0.5, 0.6) is 0 Å². The second kappa shape index (κ2) is 7.07. The Morgan fingerprint density at radius 1 is 1.27 bits per heavy atom. The van der Waals surface area contributed by atoms with Crippen LogP contribution in [0.2, 0.25) is 0 Å². The van der Waals surface area contributed by atoms with Crippen LogP contribution in [0.3, 0.4) is 0 Å². The number of nitrogens with zero attached hydrogens (tertiary/aromatic N) is 3. The fourth-order valence-electron chi connectivity index (χ4n) is 2.62. The molecular formula is C19H21BrN4O2. The van der Waals surface area contributed by atoms with Crippen molar-refractivity contribution in [3.8, 4) is 11.3 Å². The summed E-state index contributed by atoms with van der Waals surface area (Å²) >= 11 is 3.39. The molecular weight excluding hydrogens is 396 g/mol. The Balaban J connectivity index is 1.80. The van der Waals surface area contributed by atoms with E-state index < -0.39 is 11.7 Å². The molecule has 0 unspecified atom stereocenters. The fourth-order valence-corrected chi connectivity index (χ4v) is 2.98. The largest absolute Gasteiger partial charge is 0.444 e. The Labute approximate surface area is 160 Å². The van der Waals surface area contributed by atoms with Crippen LogP contribution in [0.4, 0.5) is 4.79 Å². The number of halogens is 1. The van der Waals surface area contributed by atoms with Gasteiger partial charge < -0.3 is 10.1 Å². The predicted octanol–water partition coefficient (Wildman–Crippen LogP) is 4.49. The Kier molecular flexibility index (Phi) is 5.00. The van der Waals surface area contributed by atoms with E-state index >= 15 is 0 Å². The fraction of sp³-hybridized carbons (Fsp3) is 0.316. The van der Waals surface area contributed by atoms with Crippen LogP contribution < -0.4 is 5.32 Å². The van der Waals surface area contributed by atoms with E-state index in [1.807, 2.05) is 52.0 Å². The van der Waals surface area contributed by atoms with Gasteiger partial charge >= 0.3 is 6.09 Å². The zero-order chi connectivity index (χ0) is 18.9. The zero-order valence-corrected chi connectivity index (χ0v) is 16.8. The first-order valence-electron chi connectivity index (χ1n) is 8.30. The van der Waals surface area contributed by atoms with Gasteiger partial charge in [-0.3, -0.25) is 0 Å². The average molecular weight is 417 g/mol. The van der Waals surface area contributed by atoms with Crippen LogP contribution >= 0.6 is 15.9 Å². The SMILES string of the molecule is Cc1cc(-c2ccnc3cc(Br)nn23)ccc1CNC(=O)OC(C)(C)C. The van der Waals surface area contributed by atoms with E-state index in [-0.39, 0.29) is 0 Å². The molecule has 2 aromatic heterocycles. The molecule has 0 bridgehead atoms. The van der Waals surface area contributed by atoms with Crippen molar-refractivity contribution in [2.45, 2.75) is 39.8 Å². The van der Waals surface area contributed by atoms with E-state index in [2.05, 4.69) is 37.4 Å². The van der Waals surface area contributed by atoms with E-state index in [0.29, 0.717) is 6.54 Å². The van der Waals surface area contributed by atoms with Crippen LogP contribution in [-0.2, 0) is 11.3 Å². The van der Waals surface area contributed by atoms with Gasteiger partial charge in [0.15, 0.2) is 5.65 Å². The van der Waals surface area contributed by atoms with Crippen LogP contribution in [0, 0.1) is 6.92 Å². The van der Waals surface area contributed by atoms with Crippen molar-refractivity contribution < 1.29 is 9.53 Å². The minimum Gasteiger partial charge on any atom is -0.444 e. The smallest absolute Gasteiger partial charge is 0.407 e. The standard InChI is InChI=1S/C19H21BrN4O2/c1-12-9-13(15-7-8-21-17-10-16(20)23-24(15)17)5-6-14(12)11-22-18(25)26-19(2,3)4/h5-10H,11H2,1-4H3,(H,22,25). The summed E-state index contributed by atoms with van der Waals surface area (Å²) in [7, 11) is 0. The number of hydrogen-bond acceptors (Lipinski definition) is 4. The van der Waals surface area contributed by atoms with Crippen molar-refractivity contribution in [2.24, 2.45) is 0 Å². The maximum Gasteiger partial charge on any atom is 0.407 e. The lowest BCUT2D eigenvalue weighted by Gasteiger charge is -2.20. The summed E-state index contributed by atoms with van der Waals surface area (Å²) in [5.74, 6) is 0. The molecule has 7 heteroatoms. The summed E-state index contributed by atoms with van der Waals surface area (Å²) in [6, 6.07) is 9.90. The first kappa shape index (κ1) is 18.4. The number of benzene rings is 1. The lowest BCUT2D eigenvalue weighted by molar-refractivity contribution is 0.0523. The van der Waals surface area contributed by atoms with E-state index in [9.17, 15) is 4.79 Å². The molecule has 0 aliphatic heterocycles. The maximum atomic E-state index is 11.8. The molecule has 1 N–H and O–H groups in total. The molecule has 1 amide bonds. The van der Waals surface area contributed by atoms with Crippen molar-refractivity contribution in [3.63, 3.8) is 0 Å². The number of alkyl carbamates (subject to hydrolysis) is 1. The summed E-state index contributed by atoms with van der Waals surface area (Å²) in [5, 5.41) is 7.23. The highest BCUT2D eigenvalue weighted by Crippen LogP contribution is 2.24. The zero-order valence-electron chi connectivity index (χ0n) is 15.2. The van der Waals surface area contributed by atoms with Gasteiger partial charge in [0.05, 0.1) is 5.69 Å². The molecule has 0 saturated carbocycles. The number of fused-ring (bicyclic) bond motifs is 1. The summed E-state index contributed by atoms with van der Waals surface area (Å²) in [6.45, 7) is 7.97. The number of hydrogen-bond donors (Lipinski definition) is 1. The van der Waals surface area contributed by atoms with Crippen LogP contribution in [-0.4, -0.2) is 26.3 Å². The van der Waals surface area contributed by atoms with Crippen molar-refractivity contribution in [1.82, 2.24) is 19.9 Å². The number of aromatic nitrogens is 3. The van der Waals surface area contributed by atoms with Gasteiger partial charge in [0.25, 0.3) is 0 Å². The van der Waals surface area contributed by atoms with Gasteiger partial charge in [-0.2, -0.15) is 5.10 Å². The lowest BCUT2D eigenvalue weighted by atomic mass is 10.0. The third-order valence-electron chi connectivity index (χ3n) is 3.79. The highest BCUT2D eigenvalue weighted by atomic mass is 79.9. The van der Waals surface area contributed by atoms with Crippen LogP contribution in [0.15, 0.2) is 41.1 Å². The highest BCUT2D eigenvalue weighted by Gasteiger charge is 2.16. The van der Waals surface area contributed by atoms with Crippen LogP contribution in [0.1, 0.15) is 31.9 Å². The highest BCUT2D eigenvalue weighted by molar-refractivity contribution is 9.10. The second-order valence-electron chi connectivity index (χ2n) is 7.06. The molecule has 0 aliphatic rings. The summed E-state index contributed by atoms with van der Waals surface area (Å²) in [4.78, 5) is 16.1. The first-order valence-corrected chi connectivity index (χ1v) is 9.09. The molecule has 6 nitrogen and oxygen atoms in total. The third kappa shape index (κ3) is 4.22. The van der Waals surface area contributed by atoms with E-state index in [4.69, 9.17) is 4.74 Å². The number of amides is 1. The first-order chi connectivity index (χ1) is 12.2. The van der Waals surface area contributed by atoms with E-state index in [1.54, 1.807) is 10.7 Å². The summed E-state index contributed by atoms with van der Waals surface area (Å²) < 4.78 is 7.82. The number of ether oxygens (including phenoxy) is 1. The van der Waals surface area contributed by atoms with Crippen molar-refractivity contribution in [2.75, 3.05) is 0 Å². The number of rotatable bonds is 3. The summed E-state index contributed by atoms with van der Waals surface area (Å²) in [6.07, 6.45) is 1.35. The molecule has 3 rings (SSSR count). The van der Waals surface area contributed by atoms with E-state index in [1.165, 1.54) is 0 Å². The number of carbonyl (C=O) groups is 1. The molecule has 3 aromatic rings. The van der Waals surface area contributed by atoms with Gasteiger partial charge in [0, 0.05) is 24.4 Å². The van der Waals surface area contributed by atoms with Crippen LogP contribution in [0.25, 0.3) is 16.9 Å². The van der Waals surface area contributed by atoms with Gasteiger partial charge in [0.1, 0.15) is 10.2 Å².